The van der Waals surface area contributed by atoms with E-state index in [1.807, 2.05) is 0 Å². The number of hydrogen-bond acceptors (Lipinski definition) is 7. The number of ether oxygens (including phenoxy) is 2. The largest absolute Gasteiger partial charge is 0.495 e. The standard InChI is InChI=1S/C21H20FN3O5S2/c1-29-18-7-6-14(12-19(18)32(27,28)25-8-10-30-11-9-25)23-20(26)17-13-31-21(24-17)15-4-2-3-5-16(15)22/h2-7,12-13H,8-11H2,1H3,(H,23,26). The van der Waals surface area contributed by atoms with Gasteiger partial charge in [0, 0.05) is 29.7 Å². The van der Waals surface area contributed by atoms with E-state index >= 15 is 0 Å². The van der Waals surface area contributed by atoms with E-state index < -0.39 is 21.7 Å². The van der Waals surface area contributed by atoms with Crippen molar-refractivity contribution in [2.45, 2.75) is 4.90 Å². The molecule has 0 bridgehead atoms. The van der Waals surface area contributed by atoms with Crippen molar-refractivity contribution in [2.24, 2.45) is 0 Å². The van der Waals surface area contributed by atoms with Crippen LogP contribution in [0.1, 0.15) is 10.5 Å². The predicted molar refractivity (Wildman–Crippen MR) is 118 cm³/mol. The molecule has 1 fully saturated rings. The quantitative estimate of drug-likeness (QED) is 0.586. The molecule has 0 unspecified atom stereocenters. The highest BCUT2D eigenvalue weighted by Crippen LogP contribution is 2.31. The smallest absolute Gasteiger partial charge is 0.275 e. The molecular formula is C21H20FN3O5S2. The molecule has 4 rings (SSSR count). The van der Waals surface area contributed by atoms with Crippen LogP contribution < -0.4 is 10.1 Å². The highest BCUT2D eigenvalue weighted by Gasteiger charge is 2.29. The molecular weight excluding hydrogens is 457 g/mol. The Morgan fingerprint density at radius 1 is 1.22 bits per heavy atom. The third-order valence-electron chi connectivity index (χ3n) is 4.85. The van der Waals surface area contributed by atoms with E-state index in [-0.39, 0.29) is 35.1 Å². The summed E-state index contributed by atoms with van der Waals surface area (Å²) in [7, 11) is -2.46. The van der Waals surface area contributed by atoms with Gasteiger partial charge in [-0.2, -0.15) is 4.31 Å². The molecule has 0 saturated carbocycles. The van der Waals surface area contributed by atoms with Crippen LogP contribution in [0.3, 0.4) is 0 Å². The lowest BCUT2D eigenvalue weighted by molar-refractivity contribution is 0.0729. The number of sulfonamides is 1. The fraction of sp³-hybridized carbons (Fsp3) is 0.238. The van der Waals surface area contributed by atoms with E-state index in [0.29, 0.717) is 23.8 Å². The van der Waals surface area contributed by atoms with Crippen molar-refractivity contribution in [3.05, 3.63) is 59.4 Å². The van der Waals surface area contributed by atoms with Gasteiger partial charge in [-0.05, 0) is 30.3 Å². The first-order valence-electron chi connectivity index (χ1n) is 9.68. The molecule has 1 aliphatic heterocycles. The molecule has 2 heterocycles. The first-order chi connectivity index (χ1) is 15.4. The second-order valence-electron chi connectivity index (χ2n) is 6.85. The molecule has 1 amide bonds. The fourth-order valence-electron chi connectivity index (χ4n) is 3.21. The van der Waals surface area contributed by atoms with Crippen LogP contribution in [0, 0.1) is 5.82 Å². The van der Waals surface area contributed by atoms with Crippen molar-refractivity contribution in [1.82, 2.24) is 9.29 Å². The number of aromatic nitrogens is 1. The van der Waals surface area contributed by atoms with Crippen LogP contribution in [0.4, 0.5) is 10.1 Å². The number of benzene rings is 2. The van der Waals surface area contributed by atoms with Crippen LogP contribution in [0.25, 0.3) is 10.6 Å². The van der Waals surface area contributed by atoms with Gasteiger partial charge in [0.05, 0.1) is 20.3 Å². The maximum atomic E-state index is 14.0. The summed E-state index contributed by atoms with van der Waals surface area (Å²) in [6.45, 7) is 1.09. The molecule has 1 aliphatic rings. The minimum Gasteiger partial charge on any atom is -0.495 e. The number of halogens is 1. The number of hydrogen-bond donors (Lipinski definition) is 1. The summed E-state index contributed by atoms with van der Waals surface area (Å²) in [5.41, 5.74) is 0.671. The maximum Gasteiger partial charge on any atom is 0.275 e. The normalized spacial score (nSPS) is 14.8. The number of amides is 1. The Morgan fingerprint density at radius 2 is 1.97 bits per heavy atom. The average molecular weight is 478 g/mol. The van der Waals surface area contributed by atoms with Crippen LogP contribution in [0.2, 0.25) is 0 Å². The van der Waals surface area contributed by atoms with Crippen molar-refractivity contribution >= 4 is 33.0 Å². The Labute approximate surface area is 188 Å². The summed E-state index contributed by atoms with van der Waals surface area (Å²) in [6, 6.07) is 10.5. The molecule has 0 spiro atoms. The van der Waals surface area contributed by atoms with Gasteiger partial charge in [0.1, 0.15) is 27.2 Å². The van der Waals surface area contributed by atoms with Gasteiger partial charge in [0.15, 0.2) is 0 Å². The Hall–Kier alpha value is -2.86. The summed E-state index contributed by atoms with van der Waals surface area (Å²) in [6.07, 6.45) is 0. The zero-order valence-electron chi connectivity index (χ0n) is 17.1. The molecule has 1 aromatic heterocycles. The second-order valence-corrected chi connectivity index (χ2v) is 9.62. The topological polar surface area (TPSA) is 97.8 Å². The minimum atomic E-state index is -3.84. The van der Waals surface area contributed by atoms with Crippen LogP contribution in [0.5, 0.6) is 5.75 Å². The average Bonchev–Trinajstić information content (AvgIpc) is 3.30. The lowest BCUT2D eigenvalue weighted by Crippen LogP contribution is -2.40. The summed E-state index contributed by atoms with van der Waals surface area (Å²) in [5.74, 6) is -0.796. The van der Waals surface area contributed by atoms with Crippen molar-refractivity contribution in [1.29, 1.82) is 0 Å². The molecule has 11 heteroatoms. The summed E-state index contributed by atoms with van der Waals surface area (Å²) in [5, 5.41) is 4.55. The van der Waals surface area contributed by atoms with Crippen LogP contribution >= 0.6 is 11.3 Å². The Bertz CT molecular complexity index is 1240. The Morgan fingerprint density at radius 3 is 2.69 bits per heavy atom. The first kappa shape index (κ1) is 22.3. The van der Waals surface area contributed by atoms with E-state index in [2.05, 4.69) is 10.3 Å². The van der Waals surface area contributed by atoms with Gasteiger partial charge in [-0.15, -0.1) is 11.3 Å². The summed E-state index contributed by atoms with van der Waals surface area (Å²) < 4.78 is 52.0. The lowest BCUT2D eigenvalue weighted by Gasteiger charge is -2.26. The molecule has 0 atom stereocenters. The third-order valence-corrected chi connectivity index (χ3v) is 7.65. The lowest BCUT2D eigenvalue weighted by atomic mass is 10.2. The SMILES string of the molecule is COc1ccc(NC(=O)c2csc(-c3ccccc3F)n2)cc1S(=O)(=O)N1CCOCC1. The van der Waals surface area contributed by atoms with Crippen LogP contribution in [-0.4, -0.2) is 57.0 Å². The van der Waals surface area contributed by atoms with Crippen molar-refractivity contribution in [3.8, 4) is 16.3 Å². The minimum absolute atomic E-state index is 0.0509. The van der Waals surface area contributed by atoms with Gasteiger partial charge in [0.25, 0.3) is 5.91 Å². The number of nitrogens with zero attached hydrogens (tertiary/aromatic N) is 2. The van der Waals surface area contributed by atoms with Crippen LogP contribution in [0.15, 0.2) is 52.7 Å². The number of nitrogens with one attached hydrogen (secondary N) is 1. The number of anilines is 1. The number of carbonyl (C=O) groups excluding carboxylic acids is 1. The Balaban J connectivity index is 1.58. The van der Waals surface area contributed by atoms with Crippen molar-refractivity contribution in [2.75, 3.05) is 38.7 Å². The molecule has 168 valence electrons. The fourth-order valence-corrected chi connectivity index (χ4v) is 5.63. The Kier molecular flexibility index (Phi) is 6.51. The highest BCUT2D eigenvalue weighted by molar-refractivity contribution is 7.89. The zero-order valence-corrected chi connectivity index (χ0v) is 18.7. The van der Waals surface area contributed by atoms with Gasteiger partial charge >= 0.3 is 0 Å². The number of methoxy groups -OCH3 is 1. The van der Waals surface area contributed by atoms with Crippen LogP contribution in [-0.2, 0) is 14.8 Å². The molecule has 0 radical (unpaired) electrons. The van der Waals surface area contributed by atoms with Gasteiger partial charge in [-0.1, -0.05) is 12.1 Å². The van der Waals surface area contributed by atoms with E-state index in [1.54, 1.807) is 24.3 Å². The molecule has 2 aromatic carbocycles. The van der Waals surface area contributed by atoms with E-state index in [4.69, 9.17) is 9.47 Å². The molecule has 1 N–H and O–H groups in total. The molecule has 0 aliphatic carbocycles. The van der Waals surface area contributed by atoms with Crippen molar-refractivity contribution in [3.63, 3.8) is 0 Å². The number of thiazole rings is 1. The molecule has 1 saturated heterocycles. The first-order valence-corrected chi connectivity index (χ1v) is 12.0. The van der Waals surface area contributed by atoms with Gasteiger partial charge in [0.2, 0.25) is 10.0 Å². The second kappa shape index (κ2) is 9.33. The summed E-state index contributed by atoms with van der Waals surface area (Å²) >= 11 is 1.14. The van der Waals surface area contributed by atoms with E-state index in [0.717, 1.165) is 11.3 Å². The van der Waals surface area contributed by atoms with Gasteiger partial charge in [-0.3, -0.25) is 4.79 Å². The van der Waals surface area contributed by atoms with E-state index in [9.17, 15) is 17.6 Å². The molecule has 32 heavy (non-hydrogen) atoms. The van der Waals surface area contributed by atoms with Crippen molar-refractivity contribution < 1.29 is 27.1 Å². The number of morpholine rings is 1. The zero-order chi connectivity index (χ0) is 22.7. The highest BCUT2D eigenvalue weighted by atomic mass is 32.2. The predicted octanol–water partition coefficient (Wildman–Crippen LogP) is 3.23. The number of carbonyl (C=O) groups is 1. The van der Waals surface area contributed by atoms with Gasteiger partial charge in [-0.25, -0.2) is 17.8 Å². The van der Waals surface area contributed by atoms with Gasteiger partial charge < -0.3 is 14.8 Å². The number of rotatable bonds is 6. The summed E-state index contributed by atoms with van der Waals surface area (Å²) in [4.78, 5) is 16.9. The molecule has 8 nitrogen and oxygen atoms in total. The monoisotopic (exact) mass is 477 g/mol. The third kappa shape index (κ3) is 4.51. The molecule has 3 aromatic rings. The maximum absolute atomic E-state index is 14.0. The van der Waals surface area contributed by atoms with E-state index in [1.165, 1.54) is 35.0 Å².